The van der Waals surface area contributed by atoms with Gasteiger partial charge in [-0.05, 0) is 115 Å². The van der Waals surface area contributed by atoms with E-state index in [1.165, 1.54) is 23.0 Å². The smallest absolute Gasteiger partial charge is 0.242 e. The summed E-state index contributed by atoms with van der Waals surface area (Å²) >= 11 is 7.93. The lowest BCUT2D eigenvalue weighted by atomic mass is 9.52. The summed E-state index contributed by atoms with van der Waals surface area (Å²) in [6, 6.07) is 25.3. The van der Waals surface area contributed by atoms with E-state index in [2.05, 4.69) is 0 Å². The molecule has 0 radical (unpaired) electrons. The summed E-state index contributed by atoms with van der Waals surface area (Å²) in [6.45, 7) is 3.86. The highest BCUT2D eigenvalue weighted by Gasteiger charge is 2.67. The van der Waals surface area contributed by atoms with Crippen LogP contribution in [-0.2, 0) is 26.2 Å². The lowest BCUT2D eigenvalue weighted by Crippen LogP contribution is -2.49. The highest BCUT2D eigenvalue weighted by atomic mass is 35.5. The molecule has 2 saturated heterocycles. The molecule has 6 aromatic rings. The first-order valence-electron chi connectivity index (χ1n) is 22.0. The number of amides is 4. The van der Waals surface area contributed by atoms with Gasteiger partial charge < -0.3 is 19.3 Å². The van der Waals surface area contributed by atoms with E-state index in [1.54, 1.807) is 67.6 Å². The first kappa shape index (κ1) is 43.9. The first-order chi connectivity index (χ1) is 32.2. The minimum atomic E-state index is -1.26. The fourth-order valence-corrected chi connectivity index (χ4v) is 12.1. The molecule has 67 heavy (non-hydrogen) atoms. The number of carbonyl (C=O) groups is 4. The van der Waals surface area contributed by atoms with Gasteiger partial charge in [-0.2, -0.15) is 5.10 Å². The van der Waals surface area contributed by atoms with E-state index in [0.29, 0.717) is 45.7 Å². The molecule has 12 nitrogen and oxygen atoms in total. The molecule has 6 atom stereocenters. The Morgan fingerprint density at radius 1 is 0.806 bits per heavy atom. The predicted molar refractivity (Wildman–Crippen MR) is 260 cm³/mol. The highest BCUT2D eigenvalue weighted by Crippen LogP contribution is 2.61. The summed E-state index contributed by atoms with van der Waals surface area (Å²) in [5.41, 5.74) is 4.05. The van der Waals surface area contributed by atoms with Crippen molar-refractivity contribution in [1.82, 2.24) is 9.78 Å². The number of ether oxygens (including phenoxy) is 3. The fourth-order valence-electron chi connectivity index (χ4n) is 10.8. The average Bonchev–Trinajstić information content (AvgIpc) is 4.01. The standard InChI is InChI=1S/C53H47ClN4O8S/c1-28-37-25-32(54)13-22-45(37)67-48(28)41-27-46(56(3)55-41)58-50(61)40-26-38-35(39(53(40,2)52(58)63)19-10-30-11-20-42(59)44(23-30)66-6)17-18-36-47(38)51(62)57(49(36)60)33-14-8-29(9-15-33)7-12-31-24-34(64-4)16-21-43(31)65-5/h7-17,19-25,27,36,38-40,47,59H,18,26H2,1-6H3/t36-,38+,39-,40-,47-,53-/m0/s1. The first-order valence-corrected chi connectivity index (χ1v) is 23.2. The Morgan fingerprint density at radius 2 is 1.57 bits per heavy atom. The second kappa shape index (κ2) is 16.7. The molecular formula is C53H47ClN4O8S. The van der Waals surface area contributed by atoms with Gasteiger partial charge in [-0.3, -0.25) is 28.8 Å². The minimum Gasteiger partial charge on any atom is -0.504 e. The van der Waals surface area contributed by atoms with Crippen LogP contribution in [0.2, 0.25) is 5.02 Å². The number of benzene rings is 4. The van der Waals surface area contributed by atoms with Gasteiger partial charge in [0.15, 0.2) is 11.5 Å². The summed E-state index contributed by atoms with van der Waals surface area (Å²) in [5, 5.41) is 16.8. The number of anilines is 2. The van der Waals surface area contributed by atoms with Crippen LogP contribution in [0.25, 0.3) is 38.9 Å². The SMILES string of the molecule is COc1ccc(OC)c(C=Cc2ccc(N3C(=O)[C@H]4[C@H](CC=C5[C@H]4C[C@H]4C(=O)N(c6cc(-c7sc8ccc(Cl)cc8c7C)nn6C)C(=O)[C@@]4(C)[C@H]5C=Cc4ccc(O)c(OC)c4)C3=O)cc2)c1. The third kappa shape index (κ3) is 7.05. The van der Waals surface area contributed by atoms with Crippen molar-refractivity contribution >= 4 is 86.4 Å². The highest BCUT2D eigenvalue weighted by molar-refractivity contribution is 7.22. The van der Waals surface area contributed by atoms with Gasteiger partial charge in [0, 0.05) is 34.3 Å². The number of carbonyl (C=O) groups excluding carboxylic acids is 4. The molecule has 1 saturated carbocycles. The molecule has 1 N–H and O–H groups in total. The van der Waals surface area contributed by atoms with Crippen LogP contribution in [0.15, 0.2) is 103 Å². The summed E-state index contributed by atoms with van der Waals surface area (Å²) in [5.74, 6) is -2.73. The average molecular weight is 935 g/mol. The van der Waals surface area contributed by atoms with Crippen molar-refractivity contribution in [2.75, 3.05) is 31.1 Å². The normalized spacial score (nSPS) is 23.6. The molecule has 14 heteroatoms. The van der Waals surface area contributed by atoms with Crippen LogP contribution in [0.1, 0.15) is 42.0 Å². The van der Waals surface area contributed by atoms with Crippen LogP contribution in [0.5, 0.6) is 23.0 Å². The maximum atomic E-state index is 15.2. The van der Waals surface area contributed by atoms with Crippen molar-refractivity contribution in [3.63, 3.8) is 0 Å². The van der Waals surface area contributed by atoms with Crippen LogP contribution < -0.4 is 24.0 Å². The molecule has 2 aliphatic heterocycles. The second-order valence-corrected chi connectivity index (χ2v) is 19.2. The molecule has 10 rings (SSSR count). The molecule has 0 bridgehead atoms. The number of allylic oxidation sites excluding steroid dienone is 3. The number of phenolic OH excluding ortho intramolecular Hbond substituents is 1. The van der Waals surface area contributed by atoms with Gasteiger partial charge in [0.05, 0.1) is 55.1 Å². The number of nitrogens with zero attached hydrogens (tertiary/aromatic N) is 4. The van der Waals surface area contributed by atoms with Crippen molar-refractivity contribution < 1.29 is 38.5 Å². The Labute approximate surface area is 396 Å². The zero-order chi connectivity index (χ0) is 47.1. The van der Waals surface area contributed by atoms with Gasteiger partial charge >= 0.3 is 0 Å². The molecular weight excluding hydrogens is 888 g/mol. The van der Waals surface area contributed by atoms with Gasteiger partial charge in [0.2, 0.25) is 23.6 Å². The zero-order valence-electron chi connectivity index (χ0n) is 37.7. The number of methoxy groups -OCH3 is 3. The molecule has 340 valence electrons. The van der Waals surface area contributed by atoms with E-state index >= 15 is 9.59 Å². The maximum absolute atomic E-state index is 15.2. The largest absolute Gasteiger partial charge is 0.504 e. The van der Waals surface area contributed by atoms with Crippen molar-refractivity contribution in [1.29, 1.82) is 0 Å². The number of hydrogen-bond acceptors (Lipinski definition) is 10. The summed E-state index contributed by atoms with van der Waals surface area (Å²) in [6.07, 6.45) is 10.1. The van der Waals surface area contributed by atoms with Crippen LogP contribution in [-0.4, -0.2) is 59.8 Å². The Morgan fingerprint density at radius 3 is 2.31 bits per heavy atom. The molecule has 0 unspecified atom stereocenters. The van der Waals surface area contributed by atoms with Crippen molar-refractivity contribution in [3.05, 3.63) is 130 Å². The maximum Gasteiger partial charge on any atom is 0.242 e. The molecule has 0 spiro atoms. The van der Waals surface area contributed by atoms with Gasteiger partial charge in [-0.25, -0.2) is 4.90 Å². The Balaban J connectivity index is 0.993. The number of aromatic hydroxyl groups is 1. The van der Waals surface area contributed by atoms with Crippen LogP contribution >= 0.6 is 22.9 Å². The van der Waals surface area contributed by atoms with E-state index in [9.17, 15) is 14.7 Å². The lowest BCUT2D eigenvalue weighted by molar-refractivity contribution is -0.132. The van der Waals surface area contributed by atoms with Crippen LogP contribution in [0, 0.1) is 41.9 Å². The topological polar surface area (TPSA) is 140 Å². The van der Waals surface area contributed by atoms with Crippen LogP contribution in [0.4, 0.5) is 11.5 Å². The number of rotatable bonds is 10. The number of phenols is 1. The van der Waals surface area contributed by atoms with Crippen LogP contribution in [0.3, 0.4) is 0 Å². The van der Waals surface area contributed by atoms with Crippen molar-refractivity contribution in [3.8, 4) is 33.6 Å². The minimum absolute atomic E-state index is 0.0169. The molecule has 4 aliphatic rings. The van der Waals surface area contributed by atoms with Gasteiger partial charge in [0.25, 0.3) is 0 Å². The third-order valence-electron chi connectivity index (χ3n) is 14.3. The van der Waals surface area contributed by atoms with Crippen molar-refractivity contribution in [2.45, 2.75) is 26.7 Å². The number of thiophene rings is 1. The number of imide groups is 2. The quantitative estimate of drug-likeness (QED) is 0.0808. The number of aryl methyl sites for hydroxylation is 2. The summed E-state index contributed by atoms with van der Waals surface area (Å²) in [4.78, 5) is 63.0. The molecule has 4 heterocycles. The van der Waals surface area contributed by atoms with E-state index in [0.717, 1.165) is 37.2 Å². The number of halogens is 1. The van der Waals surface area contributed by atoms with E-state index in [4.69, 9.17) is 30.9 Å². The molecule has 4 aromatic carbocycles. The number of fused-ring (bicyclic) bond motifs is 5. The molecule has 4 amide bonds. The summed E-state index contributed by atoms with van der Waals surface area (Å²) in [7, 11) is 6.41. The van der Waals surface area contributed by atoms with Gasteiger partial charge in [-0.15, -0.1) is 11.3 Å². The number of hydrogen-bond donors (Lipinski definition) is 1. The molecule has 2 aromatic heterocycles. The van der Waals surface area contributed by atoms with E-state index in [-0.39, 0.29) is 41.5 Å². The zero-order valence-corrected chi connectivity index (χ0v) is 39.2. The van der Waals surface area contributed by atoms with E-state index < -0.39 is 35.0 Å². The fraction of sp³-hybridized carbons (Fsp3) is 0.264. The Kier molecular flexibility index (Phi) is 11.0. The Bertz CT molecular complexity index is 3150. The van der Waals surface area contributed by atoms with E-state index in [1.807, 2.05) is 92.8 Å². The van der Waals surface area contributed by atoms with Crippen molar-refractivity contribution in [2.24, 2.45) is 42.1 Å². The number of aromatic nitrogens is 2. The second-order valence-electron chi connectivity index (χ2n) is 17.7. The molecule has 3 fully saturated rings. The summed E-state index contributed by atoms with van der Waals surface area (Å²) < 4.78 is 18.9. The van der Waals surface area contributed by atoms with Gasteiger partial charge in [-0.1, -0.05) is 65.8 Å². The predicted octanol–water partition coefficient (Wildman–Crippen LogP) is 10.1. The third-order valence-corrected chi connectivity index (χ3v) is 15.8. The lowest BCUT2D eigenvalue weighted by Gasteiger charge is -2.47. The monoisotopic (exact) mass is 934 g/mol. The van der Waals surface area contributed by atoms with Gasteiger partial charge in [0.1, 0.15) is 23.0 Å². The Hall–Kier alpha value is -6.96. The molecule has 2 aliphatic carbocycles.